The minimum Gasteiger partial charge on any atom is -0.267 e. The summed E-state index contributed by atoms with van der Waals surface area (Å²) >= 11 is 0. The summed E-state index contributed by atoms with van der Waals surface area (Å²) in [5.41, 5.74) is -0.409. The van der Waals surface area contributed by atoms with Crippen LogP contribution in [0.3, 0.4) is 0 Å². The van der Waals surface area contributed by atoms with Crippen LogP contribution in [0.15, 0.2) is 34.4 Å². The predicted molar refractivity (Wildman–Crippen MR) is 114 cm³/mol. The molecule has 170 valence electrons. The number of tetrazole rings is 2. The summed E-state index contributed by atoms with van der Waals surface area (Å²) in [5.74, 6) is 2.49. The fourth-order valence-corrected chi connectivity index (χ4v) is 3.52. The van der Waals surface area contributed by atoms with Gasteiger partial charge < -0.3 is 0 Å². The summed E-state index contributed by atoms with van der Waals surface area (Å²) in [5, 5.41) is 39.5. The first kappa shape index (κ1) is 20.9. The van der Waals surface area contributed by atoms with Crippen molar-refractivity contribution in [2.75, 3.05) is 0 Å². The highest BCUT2D eigenvalue weighted by molar-refractivity contribution is 5.93. The van der Waals surface area contributed by atoms with E-state index < -0.39 is 11.6 Å². The van der Waals surface area contributed by atoms with Crippen molar-refractivity contribution in [2.24, 2.45) is 0 Å². The number of hydrogen-bond acceptors (Lipinski definition) is 12. The summed E-state index contributed by atoms with van der Waals surface area (Å²) in [6, 6.07) is 1.78. The van der Waals surface area contributed by atoms with E-state index in [0.29, 0.717) is 13.0 Å². The molecule has 0 saturated carbocycles. The third-order valence-electron chi connectivity index (χ3n) is 5.29. The lowest BCUT2D eigenvalue weighted by Crippen LogP contribution is -2.32. The maximum Gasteiger partial charge on any atom is 0.278 e. The number of rotatable bonds is 7. The van der Waals surface area contributed by atoms with Gasteiger partial charge in [0.15, 0.2) is 12.7 Å². The molecule has 0 N–H and O–H groups in total. The highest BCUT2D eigenvalue weighted by atomic mass is 16.1. The fourth-order valence-electron chi connectivity index (χ4n) is 3.52. The second-order valence-electron chi connectivity index (χ2n) is 7.29. The Morgan fingerprint density at radius 3 is 1.94 bits per heavy atom. The van der Waals surface area contributed by atoms with Crippen LogP contribution >= 0.6 is 0 Å². The van der Waals surface area contributed by atoms with Crippen LogP contribution in [0.25, 0.3) is 21.8 Å². The minimum absolute atomic E-state index is 0.0771. The number of terminal acetylenes is 1. The van der Waals surface area contributed by atoms with E-state index in [1.54, 1.807) is 0 Å². The van der Waals surface area contributed by atoms with Gasteiger partial charge in [0, 0.05) is 0 Å². The zero-order valence-corrected chi connectivity index (χ0v) is 17.7. The van der Waals surface area contributed by atoms with E-state index >= 15 is 0 Å². The molecule has 5 aromatic rings. The van der Waals surface area contributed by atoms with Crippen molar-refractivity contribution in [1.82, 2.24) is 70.4 Å². The smallest absolute Gasteiger partial charge is 0.267 e. The number of aromatic nitrogens is 14. The molecule has 0 aliphatic carbocycles. The second kappa shape index (κ2) is 8.54. The predicted octanol–water partition coefficient (Wildman–Crippen LogP) is -1.60. The average molecular weight is 460 g/mol. The largest absolute Gasteiger partial charge is 0.278 e. The number of nitrogens with zero attached hydrogens (tertiary/aromatic N) is 14. The van der Waals surface area contributed by atoms with Crippen molar-refractivity contribution in [3.05, 3.63) is 45.5 Å². The van der Waals surface area contributed by atoms with E-state index in [9.17, 15) is 9.59 Å². The van der Waals surface area contributed by atoms with Gasteiger partial charge in [-0.1, -0.05) is 23.3 Å². The zero-order valence-electron chi connectivity index (χ0n) is 17.7. The maximum atomic E-state index is 13.2. The Kier molecular flexibility index (Phi) is 5.26. The molecule has 0 unspecified atom stereocenters. The first-order valence-corrected chi connectivity index (χ1v) is 10.1. The molecular formula is C18H16N14O2. The summed E-state index contributed by atoms with van der Waals surface area (Å²) in [4.78, 5) is 28.9. The van der Waals surface area contributed by atoms with Gasteiger partial charge in [-0.05, 0) is 29.0 Å². The molecule has 4 heterocycles. The molecule has 16 heteroatoms. The molecule has 0 radical (unpaired) electrons. The summed E-state index contributed by atoms with van der Waals surface area (Å²) in [7, 11) is 0. The van der Waals surface area contributed by atoms with Gasteiger partial charge in [-0.15, -0.1) is 37.0 Å². The van der Waals surface area contributed by atoms with Gasteiger partial charge in [0.2, 0.25) is 0 Å². The fraction of sp³-hybridized carbons (Fsp3) is 0.333. The van der Waals surface area contributed by atoms with Crippen molar-refractivity contribution in [3.8, 4) is 12.3 Å². The van der Waals surface area contributed by atoms with Gasteiger partial charge in [-0.25, -0.2) is 4.68 Å². The van der Waals surface area contributed by atoms with Gasteiger partial charge in [-0.2, -0.15) is 14.3 Å². The molecule has 0 bridgehead atoms. The quantitative estimate of drug-likeness (QED) is 0.200. The molecule has 5 rings (SSSR count). The van der Waals surface area contributed by atoms with Crippen LogP contribution in [-0.2, 0) is 13.1 Å². The molecule has 1 aromatic carbocycles. The van der Waals surface area contributed by atoms with Crippen molar-refractivity contribution >= 4 is 21.8 Å². The lowest BCUT2D eigenvalue weighted by molar-refractivity contribution is 0.324. The lowest BCUT2D eigenvalue weighted by Gasteiger charge is -2.15. The number of fused-ring (bicyclic) bond motifs is 2. The standard InChI is InChI=1S/C18H16N14O2/c1-3-11(7-29-21-9-19-25-29)31-17(33)13-5-16-14(6-15(13)23-27-31)18(34)32(28-24-16)12(4-2)8-30-22-10-20-26-30/h1,5-6,9-12H,4,7-8H2,2H3/t11-,12-/m1/s1. The van der Waals surface area contributed by atoms with E-state index in [1.165, 1.54) is 39.1 Å². The van der Waals surface area contributed by atoms with E-state index in [2.05, 4.69) is 57.4 Å². The van der Waals surface area contributed by atoms with Crippen LogP contribution in [-0.4, -0.2) is 70.4 Å². The Balaban J connectivity index is 1.57. The molecule has 34 heavy (non-hydrogen) atoms. The van der Waals surface area contributed by atoms with Crippen LogP contribution in [0.1, 0.15) is 25.4 Å². The molecule has 0 amide bonds. The molecule has 4 aromatic heterocycles. The van der Waals surface area contributed by atoms with E-state index in [-0.39, 0.29) is 40.0 Å². The molecular weight excluding hydrogens is 444 g/mol. The molecule has 0 aliphatic rings. The highest BCUT2D eigenvalue weighted by Crippen LogP contribution is 2.16. The van der Waals surface area contributed by atoms with Gasteiger partial charge in [-0.3, -0.25) is 9.59 Å². The molecule has 0 aliphatic heterocycles. The van der Waals surface area contributed by atoms with E-state index in [4.69, 9.17) is 6.42 Å². The summed E-state index contributed by atoms with van der Waals surface area (Å²) in [6.45, 7) is 2.28. The van der Waals surface area contributed by atoms with Crippen molar-refractivity contribution in [2.45, 2.75) is 38.5 Å². The van der Waals surface area contributed by atoms with Crippen molar-refractivity contribution in [1.29, 1.82) is 0 Å². The van der Waals surface area contributed by atoms with Gasteiger partial charge in [0.1, 0.15) is 17.1 Å². The Morgan fingerprint density at radius 2 is 1.41 bits per heavy atom. The maximum absolute atomic E-state index is 13.2. The Hall–Kier alpha value is -4.94. The topological polar surface area (TPSA) is 183 Å². The van der Waals surface area contributed by atoms with Crippen molar-refractivity contribution < 1.29 is 0 Å². The highest BCUT2D eigenvalue weighted by Gasteiger charge is 2.20. The molecule has 0 saturated heterocycles. The van der Waals surface area contributed by atoms with Crippen LogP contribution < -0.4 is 11.1 Å². The molecule has 0 spiro atoms. The third-order valence-corrected chi connectivity index (χ3v) is 5.29. The van der Waals surface area contributed by atoms with Gasteiger partial charge in [0.05, 0.1) is 29.9 Å². The van der Waals surface area contributed by atoms with Crippen molar-refractivity contribution in [3.63, 3.8) is 0 Å². The van der Waals surface area contributed by atoms with E-state index in [1.807, 2.05) is 6.92 Å². The van der Waals surface area contributed by atoms with Crippen LogP contribution in [0, 0.1) is 12.3 Å². The van der Waals surface area contributed by atoms with Crippen LogP contribution in [0.4, 0.5) is 0 Å². The first-order chi connectivity index (χ1) is 16.6. The minimum atomic E-state index is -0.802. The monoisotopic (exact) mass is 460 g/mol. The molecule has 2 atom stereocenters. The lowest BCUT2D eigenvalue weighted by atomic mass is 10.1. The first-order valence-electron chi connectivity index (χ1n) is 10.1. The summed E-state index contributed by atoms with van der Waals surface area (Å²) in [6.07, 6.45) is 8.75. The van der Waals surface area contributed by atoms with Gasteiger partial charge in [0.25, 0.3) is 11.1 Å². The van der Waals surface area contributed by atoms with Crippen LogP contribution in [0.2, 0.25) is 0 Å². The number of benzene rings is 1. The zero-order chi connectivity index (χ0) is 23.7. The Bertz CT molecular complexity index is 1610. The summed E-state index contributed by atoms with van der Waals surface area (Å²) < 4.78 is 2.33. The molecule has 16 nitrogen and oxygen atoms in total. The van der Waals surface area contributed by atoms with Gasteiger partial charge >= 0.3 is 0 Å². The molecule has 0 fully saturated rings. The van der Waals surface area contributed by atoms with Crippen LogP contribution in [0.5, 0.6) is 0 Å². The second-order valence-corrected chi connectivity index (χ2v) is 7.29. The SMILES string of the molecule is C#C[C@H](Cn1ncnn1)n1nnc2cc3c(=O)n([C@H](CC)Cn4ncnn4)nnc3cc2c1=O. The average Bonchev–Trinajstić information content (AvgIpc) is 3.56. The number of hydrogen-bond donors (Lipinski definition) is 0. The normalized spacial score (nSPS) is 13.2. The Morgan fingerprint density at radius 1 is 0.853 bits per heavy atom. The third kappa shape index (κ3) is 3.64. The Labute approximate surface area is 189 Å². The van der Waals surface area contributed by atoms with E-state index in [0.717, 1.165) is 4.68 Å².